The van der Waals surface area contributed by atoms with Gasteiger partial charge in [0.15, 0.2) is 0 Å². The first-order valence-corrected chi connectivity index (χ1v) is 5.67. The van der Waals surface area contributed by atoms with Gasteiger partial charge in [0, 0.05) is 11.4 Å². The van der Waals surface area contributed by atoms with Crippen LogP contribution < -0.4 is 0 Å². The first-order chi connectivity index (χ1) is 6.76. The minimum absolute atomic E-state index is 0.476. The van der Waals surface area contributed by atoms with E-state index in [1.165, 1.54) is 10.5 Å². The van der Waals surface area contributed by atoms with Crippen molar-refractivity contribution in [2.75, 3.05) is 19.8 Å². The second-order valence-corrected chi connectivity index (χ2v) is 4.06. The van der Waals surface area contributed by atoms with E-state index < -0.39 is 0 Å². The third kappa shape index (κ3) is 3.41. The molecule has 0 radical (unpaired) electrons. The monoisotopic (exact) mass is 206 g/mol. The van der Waals surface area contributed by atoms with Crippen LogP contribution in [-0.2, 0) is 6.54 Å². The number of benzene rings is 1. The summed E-state index contributed by atoms with van der Waals surface area (Å²) in [6, 6.07) is 10.6. The second kappa shape index (κ2) is 5.69. The van der Waals surface area contributed by atoms with E-state index in [1.54, 1.807) is 11.8 Å². The molecule has 0 saturated carbocycles. The van der Waals surface area contributed by atoms with Gasteiger partial charge in [0.05, 0.1) is 12.6 Å². The van der Waals surface area contributed by atoms with Gasteiger partial charge < -0.3 is 0 Å². The summed E-state index contributed by atoms with van der Waals surface area (Å²) >= 11 is 1.74. The van der Waals surface area contributed by atoms with Gasteiger partial charge in [-0.3, -0.25) is 4.90 Å². The molecule has 0 aliphatic heterocycles. The molecule has 0 aliphatic rings. The van der Waals surface area contributed by atoms with E-state index in [0.29, 0.717) is 6.54 Å². The van der Waals surface area contributed by atoms with Crippen molar-refractivity contribution in [1.82, 2.24) is 4.90 Å². The zero-order chi connectivity index (χ0) is 10.4. The first-order valence-electron chi connectivity index (χ1n) is 4.44. The lowest BCUT2D eigenvalue weighted by atomic mass is 10.2. The van der Waals surface area contributed by atoms with E-state index in [-0.39, 0.29) is 0 Å². The van der Waals surface area contributed by atoms with Crippen molar-refractivity contribution in [2.45, 2.75) is 11.4 Å². The average Bonchev–Trinajstić information content (AvgIpc) is 2.19. The topological polar surface area (TPSA) is 27.0 Å². The number of thioether (sulfide) groups is 1. The Bertz CT molecular complexity index is 313. The van der Waals surface area contributed by atoms with Crippen molar-refractivity contribution < 1.29 is 0 Å². The zero-order valence-electron chi connectivity index (χ0n) is 8.53. The largest absolute Gasteiger partial charge is 0.289 e. The van der Waals surface area contributed by atoms with Crippen molar-refractivity contribution in [2.24, 2.45) is 0 Å². The van der Waals surface area contributed by atoms with Crippen LogP contribution >= 0.6 is 11.8 Å². The van der Waals surface area contributed by atoms with Gasteiger partial charge in [-0.05, 0) is 31.0 Å². The molecule has 0 aromatic heterocycles. The fraction of sp³-hybridized carbons (Fsp3) is 0.364. The van der Waals surface area contributed by atoms with Gasteiger partial charge in [0.1, 0.15) is 0 Å². The Labute approximate surface area is 89.5 Å². The number of nitriles is 1. The molecule has 0 atom stereocenters. The molecule has 0 fully saturated rings. The molecule has 74 valence electrons. The highest BCUT2D eigenvalue weighted by Crippen LogP contribution is 2.15. The van der Waals surface area contributed by atoms with Gasteiger partial charge in [-0.25, -0.2) is 0 Å². The Kier molecular flexibility index (Phi) is 4.51. The maximum atomic E-state index is 8.50. The highest BCUT2D eigenvalue weighted by atomic mass is 32.2. The van der Waals surface area contributed by atoms with Crippen LogP contribution in [0.2, 0.25) is 0 Å². The Morgan fingerprint density at radius 2 is 2.00 bits per heavy atom. The van der Waals surface area contributed by atoms with E-state index in [2.05, 4.69) is 36.6 Å². The quantitative estimate of drug-likeness (QED) is 0.559. The van der Waals surface area contributed by atoms with Crippen molar-refractivity contribution in [3.8, 4) is 6.07 Å². The summed E-state index contributed by atoms with van der Waals surface area (Å²) < 4.78 is 0. The Morgan fingerprint density at radius 3 is 2.50 bits per heavy atom. The summed E-state index contributed by atoms with van der Waals surface area (Å²) in [6.07, 6.45) is 2.07. The van der Waals surface area contributed by atoms with E-state index in [1.807, 2.05) is 11.9 Å². The van der Waals surface area contributed by atoms with Gasteiger partial charge in [0.2, 0.25) is 0 Å². The smallest absolute Gasteiger partial charge is 0.0866 e. The fourth-order valence-corrected chi connectivity index (χ4v) is 1.63. The molecular formula is C11H14N2S. The molecule has 0 spiro atoms. The molecule has 1 aromatic carbocycles. The van der Waals surface area contributed by atoms with Gasteiger partial charge >= 0.3 is 0 Å². The molecular weight excluding hydrogens is 192 g/mol. The third-order valence-corrected chi connectivity index (χ3v) is 2.70. The predicted molar refractivity (Wildman–Crippen MR) is 60.2 cm³/mol. The Morgan fingerprint density at radius 1 is 1.36 bits per heavy atom. The van der Waals surface area contributed by atoms with Crippen LogP contribution in [0, 0.1) is 11.3 Å². The zero-order valence-corrected chi connectivity index (χ0v) is 9.34. The minimum atomic E-state index is 0.476. The van der Waals surface area contributed by atoms with E-state index in [0.717, 1.165) is 6.54 Å². The lowest BCUT2D eigenvalue weighted by Crippen LogP contribution is -2.17. The Balaban J connectivity index is 2.56. The highest BCUT2D eigenvalue weighted by molar-refractivity contribution is 7.98. The normalized spacial score (nSPS) is 10.1. The summed E-state index contributed by atoms with van der Waals surface area (Å²) in [4.78, 5) is 3.27. The molecule has 0 aliphatic carbocycles. The number of rotatable bonds is 4. The van der Waals surface area contributed by atoms with Crippen LogP contribution in [0.1, 0.15) is 5.56 Å². The van der Waals surface area contributed by atoms with Crippen molar-refractivity contribution >= 4 is 11.8 Å². The molecule has 0 bridgehead atoms. The average molecular weight is 206 g/mol. The molecule has 0 heterocycles. The molecule has 1 aromatic rings. The van der Waals surface area contributed by atoms with Crippen molar-refractivity contribution in [3.63, 3.8) is 0 Å². The number of hydrogen-bond donors (Lipinski definition) is 0. The molecule has 0 saturated heterocycles. The van der Waals surface area contributed by atoms with Crippen LogP contribution in [0.25, 0.3) is 0 Å². The predicted octanol–water partition coefficient (Wildman–Crippen LogP) is 2.36. The molecule has 0 unspecified atom stereocenters. The van der Waals surface area contributed by atoms with Crippen LogP contribution in [-0.4, -0.2) is 24.7 Å². The van der Waals surface area contributed by atoms with Gasteiger partial charge in [-0.2, -0.15) is 5.26 Å². The van der Waals surface area contributed by atoms with Gasteiger partial charge in [0.25, 0.3) is 0 Å². The van der Waals surface area contributed by atoms with Crippen LogP contribution in [0.5, 0.6) is 0 Å². The van der Waals surface area contributed by atoms with Crippen molar-refractivity contribution in [3.05, 3.63) is 29.8 Å². The lowest BCUT2D eigenvalue weighted by Gasteiger charge is -2.12. The summed E-state index contributed by atoms with van der Waals surface area (Å²) in [5, 5.41) is 8.50. The van der Waals surface area contributed by atoms with Crippen LogP contribution in [0.3, 0.4) is 0 Å². The van der Waals surface area contributed by atoms with E-state index >= 15 is 0 Å². The van der Waals surface area contributed by atoms with E-state index in [4.69, 9.17) is 5.26 Å². The summed E-state index contributed by atoms with van der Waals surface area (Å²) in [7, 11) is 1.95. The van der Waals surface area contributed by atoms with Crippen molar-refractivity contribution in [1.29, 1.82) is 5.26 Å². The molecule has 2 nitrogen and oxygen atoms in total. The third-order valence-electron chi connectivity index (χ3n) is 1.95. The molecule has 0 N–H and O–H groups in total. The SMILES string of the molecule is CSc1ccc(CN(C)CC#N)cc1. The second-order valence-electron chi connectivity index (χ2n) is 3.18. The standard InChI is InChI=1S/C11H14N2S/c1-13(8-7-12)9-10-3-5-11(14-2)6-4-10/h3-6H,8-9H2,1-2H3. The maximum Gasteiger partial charge on any atom is 0.0866 e. The minimum Gasteiger partial charge on any atom is -0.289 e. The van der Waals surface area contributed by atoms with E-state index in [9.17, 15) is 0 Å². The maximum absolute atomic E-state index is 8.50. The summed E-state index contributed by atoms with van der Waals surface area (Å²) in [5.41, 5.74) is 1.25. The highest BCUT2D eigenvalue weighted by Gasteiger charge is 1.98. The molecule has 3 heteroatoms. The summed E-state index contributed by atoms with van der Waals surface area (Å²) in [6.45, 7) is 1.31. The number of nitrogens with zero attached hydrogens (tertiary/aromatic N) is 2. The lowest BCUT2D eigenvalue weighted by molar-refractivity contribution is 0.367. The Hall–Kier alpha value is -0.980. The molecule has 14 heavy (non-hydrogen) atoms. The van der Waals surface area contributed by atoms with Gasteiger partial charge in [-0.15, -0.1) is 11.8 Å². The number of hydrogen-bond acceptors (Lipinski definition) is 3. The van der Waals surface area contributed by atoms with Crippen LogP contribution in [0.4, 0.5) is 0 Å². The van der Waals surface area contributed by atoms with Gasteiger partial charge in [-0.1, -0.05) is 12.1 Å². The fourth-order valence-electron chi connectivity index (χ4n) is 1.22. The van der Waals surface area contributed by atoms with Crippen LogP contribution in [0.15, 0.2) is 29.2 Å². The summed E-state index contributed by atoms with van der Waals surface area (Å²) in [5.74, 6) is 0. The molecule has 0 amide bonds. The first kappa shape index (κ1) is 11.1. The molecule has 1 rings (SSSR count).